The number of amides is 2. The third kappa shape index (κ3) is 4.02. The molecule has 0 radical (unpaired) electrons. The van der Waals surface area contributed by atoms with Crippen LogP contribution >= 0.6 is 0 Å². The van der Waals surface area contributed by atoms with Gasteiger partial charge in [-0.25, -0.2) is 0 Å². The number of rotatable bonds is 7. The van der Waals surface area contributed by atoms with Crippen LogP contribution < -0.4 is 10.6 Å². The number of Topliss-reactive ketones (excluding diaryl/α,β-unsaturated/α-hetero) is 1. The van der Waals surface area contributed by atoms with E-state index >= 15 is 0 Å². The highest BCUT2D eigenvalue weighted by Gasteiger charge is 2.11. The van der Waals surface area contributed by atoms with E-state index in [1.54, 1.807) is 48.5 Å². The van der Waals surface area contributed by atoms with Crippen molar-refractivity contribution in [1.82, 2.24) is 5.32 Å². The van der Waals surface area contributed by atoms with Gasteiger partial charge in [-0.15, -0.1) is 0 Å². The minimum absolute atomic E-state index is 0.0276. The summed E-state index contributed by atoms with van der Waals surface area (Å²) in [6.45, 7) is 0.238. The molecule has 0 aliphatic rings. The van der Waals surface area contributed by atoms with Crippen LogP contribution in [0, 0.1) is 0 Å². The Morgan fingerprint density at radius 1 is 0.955 bits per heavy atom. The highest BCUT2D eigenvalue weighted by atomic mass is 16.2. The molecule has 2 rings (SSSR count). The fraction of sp³-hybridized carbons (Fsp3) is 0.118. The van der Waals surface area contributed by atoms with E-state index in [1.165, 1.54) is 0 Å². The molecule has 0 saturated carbocycles. The van der Waals surface area contributed by atoms with Gasteiger partial charge in [0.2, 0.25) is 6.41 Å². The molecule has 5 heteroatoms. The zero-order chi connectivity index (χ0) is 15.8. The van der Waals surface area contributed by atoms with E-state index in [1.807, 2.05) is 6.07 Å². The molecule has 2 amide bonds. The lowest BCUT2D eigenvalue weighted by molar-refractivity contribution is -0.105. The maximum atomic E-state index is 12.1. The zero-order valence-electron chi connectivity index (χ0n) is 11.9. The fourth-order valence-electron chi connectivity index (χ4n) is 2.02. The van der Waals surface area contributed by atoms with Crippen molar-refractivity contribution in [3.63, 3.8) is 0 Å². The van der Waals surface area contributed by atoms with Crippen molar-refractivity contribution in [3.8, 4) is 0 Å². The van der Waals surface area contributed by atoms with Crippen molar-refractivity contribution in [2.45, 2.75) is 6.42 Å². The highest BCUT2D eigenvalue weighted by molar-refractivity contribution is 6.01. The van der Waals surface area contributed by atoms with E-state index in [4.69, 9.17) is 0 Å². The molecule has 0 atom stereocenters. The second kappa shape index (κ2) is 7.73. The van der Waals surface area contributed by atoms with Gasteiger partial charge in [-0.3, -0.25) is 14.4 Å². The number of hydrogen-bond acceptors (Lipinski definition) is 3. The van der Waals surface area contributed by atoms with E-state index in [0.717, 1.165) is 0 Å². The molecule has 0 aliphatic heterocycles. The lowest BCUT2D eigenvalue weighted by Crippen LogP contribution is -2.26. The molecule has 0 heterocycles. The molecule has 0 fully saturated rings. The second-order valence-corrected chi connectivity index (χ2v) is 4.60. The van der Waals surface area contributed by atoms with Gasteiger partial charge >= 0.3 is 0 Å². The Hall–Kier alpha value is -2.95. The zero-order valence-corrected chi connectivity index (χ0v) is 11.9. The van der Waals surface area contributed by atoms with Crippen LogP contribution in [-0.2, 0) is 4.79 Å². The molecular weight excluding hydrogens is 280 g/mol. The number of benzene rings is 2. The Balaban J connectivity index is 1.91. The van der Waals surface area contributed by atoms with E-state index in [9.17, 15) is 14.4 Å². The van der Waals surface area contributed by atoms with Gasteiger partial charge in [-0.05, 0) is 12.1 Å². The van der Waals surface area contributed by atoms with Crippen LogP contribution in [0.3, 0.4) is 0 Å². The molecule has 22 heavy (non-hydrogen) atoms. The van der Waals surface area contributed by atoms with Crippen LogP contribution in [0.4, 0.5) is 5.69 Å². The molecule has 0 aliphatic carbocycles. The van der Waals surface area contributed by atoms with Gasteiger partial charge in [-0.1, -0.05) is 42.5 Å². The van der Waals surface area contributed by atoms with Crippen LogP contribution in [0.2, 0.25) is 0 Å². The fourth-order valence-corrected chi connectivity index (χ4v) is 2.02. The molecule has 0 unspecified atom stereocenters. The van der Waals surface area contributed by atoms with E-state index in [2.05, 4.69) is 10.6 Å². The number of carbonyl (C=O) groups excluding carboxylic acids is 3. The molecule has 2 aromatic rings. The third-order valence-corrected chi connectivity index (χ3v) is 3.12. The number of para-hydroxylation sites is 1. The predicted molar refractivity (Wildman–Crippen MR) is 83.9 cm³/mol. The molecule has 5 nitrogen and oxygen atoms in total. The summed E-state index contributed by atoms with van der Waals surface area (Å²) >= 11 is 0. The Kier molecular flexibility index (Phi) is 5.43. The number of ketones is 1. The molecule has 0 bridgehead atoms. The molecule has 112 valence electrons. The van der Waals surface area contributed by atoms with Crippen molar-refractivity contribution < 1.29 is 14.4 Å². The summed E-state index contributed by atoms with van der Waals surface area (Å²) in [5.74, 6) is -0.356. The molecule has 0 aromatic heterocycles. The first-order chi connectivity index (χ1) is 10.7. The first kappa shape index (κ1) is 15.4. The van der Waals surface area contributed by atoms with E-state index in [0.29, 0.717) is 23.2 Å². The lowest BCUT2D eigenvalue weighted by Gasteiger charge is -2.09. The number of carbonyl (C=O) groups is 3. The van der Waals surface area contributed by atoms with Crippen LogP contribution in [0.15, 0.2) is 54.6 Å². The van der Waals surface area contributed by atoms with Gasteiger partial charge < -0.3 is 10.6 Å². The largest absolute Gasteiger partial charge is 0.352 e. The Morgan fingerprint density at radius 3 is 2.36 bits per heavy atom. The SMILES string of the molecule is O=CNc1ccccc1C(=O)NCCC(=O)c1ccccc1. The quantitative estimate of drug-likeness (QED) is 0.608. The topological polar surface area (TPSA) is 75.3 Å². The summed E-state index contributed by atoms with van der Waals surface area (Å²) in [6.07, 6.45) is 0.740. The second-order valence-electron chi connectivity index (χ2n) is 4.60. The normalized spacial score (nSPS) is 9.82. The monoisotopic (exact) mass is 296 g/mol. The highest BCUT2D eigenvalue weighted by Crippen LogP contribution is 2.13. The van der Waals surface area contributed by atoms with Gasteiger partial charge in [0.25, 0.3) is 5.91 Å². The molecule has 0 saturated heterocycles. The first-order valence-electron chi connectivity index (χ1n) is 6.88. The van der Waals surface area contributed by atoms with Gasteiger partial charge in [0.1, 0.15) is 0 Å². The number of nitrogens with one attached hydrogen (secondary N) is 2. The maximum absolute atomic E-state index is 12.1. The van der Waals surface area contributed by atoms with Gasteiger partial charge in [0, 0.05) is 18.5 Å². The lowest BCUT2D eigenvalue weighted by atomic mass is 10.1. The summed E-state index contributed by atoms with van der Waals surface area (Å²) in [5, 5.41) is 5.16. The summed E-state index contributed by atoms with van der Waals surface area (Å²) in [4.78, 5) is 34.5. The van der Waals surface area contributed by atoms with Crippen molar-refractivity contribution in [1.29, 1.82) is 0 Å². The standard InChI is InChI=1S/C17H16N2O3/c20-12-19-15-9-5-4-8-14(15)17(22)18-11-10-16(21)13-6-2-1-3-7-13/h1-9,12H,10-11H2,(H,18,22)(H,19,20). The van der Waals surface area contributed by atoms with Crippen LogP contribution in [0.25, 0.3) is 0 Å². The Morgan fingerprint density at radius 2 is 1.64 bits per heavy atom. The van der Waals surface area contributed by atoms with Crippen molar-refractivity contribution in [3.05, 3.63) is 65.7 Å². The van der Waals surface area contributed by atoms with Gasteiger partial charge in [-0.2, -0.15) is 0 Å². The van der Waals surface area contributed by atoms with E-state index in [-0.39, 0.29) is 24.7 Å². The minimum Gasteiger partial charge on any atom is -0.352 e. The Labute approximate surface area is 128 Å². The third-order valence-electron chi connectivity index (χ3n) is 3.12. The molecule has 2 N–H and O–H groups in total. The molecule has 0 spiro atoms. The summed E-state index contributed by atoms with van der Waals surface area (Å²) < 4.78 is 0. The van der Waals surface area contributed by atoms with Gasteiger partial charge in [0.15, 0.2) is 5.78 Å². The average molecular weight is 296 g/mol. The number of anilines is 1. The van der Waals surface area contributed by atoms with Crippen molar-refractivity contribution >= 4 is 23.8 Å². The van der Waals surface area contributed by atoms with E-state index < -0.39 is 0 Å². The summed E-state index contributed by atoms with van der Waals surface area (Å²) in [6, 6.07) is 15.6. The summed E-state index contributed by atoms with van der Waals surface area (Å²) in [7, 11) is 0. The van der Waals surface area contributed by atoms with Crippen LogP contribution in [0.1, 0.15) is 27.1 Å². The maximum Gasteiger partial charge on any atom is 0.253 e. The average Bonchev–Trinajstić information content (AvgIpc) is 2.56. The van der Waals surface area contributed by atoms with Crippen LogP contribution in [-0.4, -0.2) is 24.6 Å². The van der Waals surface area contributed by atoms with Crippen molar-refractivity contribution in [2.75, 3.05) is 11.9 Å². The molecule has 2 aromatic carbocycles. The van der Waals surface area contributed by atoms with Crippen molar-refractivity contribution in [2.24, 2.45) is 0 Å². The summed E-state index contributed by atoms with van der Waals surface area (Å²) in [5.41, 5.74) is 1.42. The van der Waals surface area contributed by atoms with Crippen LogP contribution in [0.5, 0.6) is 0 Å². The smallest absolute Gasteiger partial charge is 0.253 e. The predicted octanol–water partition coefficient (Wildman–Crippen LogP) is 2.26. The van der Waals surface area contributed by atoms with Gasteiger partial charge in [0.05, 0.1) is 11.3 Å². The first-order valence-corrected chi connectivity index (χ1v) is 6.88. The Bertz CT molecular complexity index is 669. The number of hydrogen-bond donors (Lipinski definition) is 2. The minimum atomic E-state index is -0.328. The molecular formula is C17H16N2O3.